The van der Waals surface area contributed by atoms with Gasteiger partial charge < -0.3 is 9.80 Å². The minimum atomic E-state index is -0.279. The van der Waals surface area contributed by atoms with Crippen molar-refractivity contribution in [2.24, 2.45) is 0 Å². The fourth-order valence-corrected chi connectivity index (χ4v) is 3.39. The van der Waals surface area contributed by atoms with Crippen molar-refractivity contribution in [3.63, 3.8) is 0 Å². The van der Waals surface area contributed by atoms with Crippen molar-refractivity contribution in [2.75, 3.05) is 26.2 Å². The van der Waals surface area contributed by atoms with Crippen LogP contribution >= 0.6 is 11.6 Å². The van der Waals surface area contributed by atoms with E-state index in [0.717, 1.165) is 11.1 Å². The normalized spacial score (nSPS) is 15.6. The van der Waals surface area contributed by atoms with Crippen molar-refractivity contribution >= 4 is 23.4 Å². The van der Waals surface area contributed by atoms with Crippen molar-refractivity contribution in [3.05, 3.63) is 64.9 Å². The first-order chi connectivity index (χ1) is 12.5. The maximum atomic E-state index is 13.2. The van der Waals surface area contributed by atoms with Crippen molar-refractivity contribution in [1.29, 1.82) is 0 Å². The summed E-state index contributed by atoms with van der Waals surface area (Å²) in [5, 5.41) is 0.652. The summed E-state index contributed by atoms with van der Waals surface area (Å²) >= 11 is 6.01. The molecule has 0 bridgehead atoms. The van der Waals surface area contributed by atoms with E-state index in [1.54, 1.807) is 24.2 Å². The number of aromatic nitrogens is 1. The molecule has 2 aromatic rings. The molecule has 1 aromatic carbocycles. The zero-order chi connectivity index (χ0) is 18.5. The molecule has 136 valence electrons. The highest BCUT2D eigenvalue weighted by atomic mass is 35.5. The van der Waals surface area contributed by atoms with Gasteiger partial charge in [0.1, 0.15) is 0 Å². The Hall–Kier alpha value is -2.40. The minimum Gasteiger partial charge on any atom is -0.339 e. The molecule has 0 aliphatic carbocycles. The Kier molecular flexibility index (Phi) is 5.89. The molecule has 6 heteroatoms. The Morgan fingerprint density at radius 1 is 1.00 bits per heavy atom. The first kappa shape index (κ1) is 18.4. The summed E-state index contributed by atoms with van der Waals surface area (Å²) < 4.78 is 0. The van der Waals surface area contributed by atoms with Crippen molar-refractivity contribution in [2.45, 2.75) is 19.3 Å². The summed E-state index contributed by atoms with van der Waals surface area (Å²) in [6.07, 6.45) is 4.09. The smallest absolute Gasteiger partial charge is 0.230 e. The third-order valence-corrected chi connectivity index (χ3v) is 5.05. The van der Waals surface area contributed by atoms with Gasteiger partial charge in [-0.3, -0.25) is 14.6 Å². The van der Waals surface area contributed by atoms with E-state index >= 15 is 0 Å². The second-order valence-corrected chi connectivity index (χ2v) is 6.93. The van der Waals surface area contributed by atoms with E-state index in [2.05, 4.69) is 4.98 Å². The van der Waals surface area contributed by atoms with Gasteiger partial charge in [0.2, 0.25) is 11.8 Å². The van der Waals surface area contributed by atoms with Crippen LogP contribution in [0.25, 0.3) is 0 Å². The topological polar surface area (TPSA) is 53.5 Å². The van der Waals surface area contributed by atoms with Crippen LogP contribution in [0.3, 0.4) is 0 Å². The van der Waals surface area contributed by atoms with Crippen LogP contribution in [-0.2, 0) is 16.0 Å². The zero-order valence-electron chi connectivity index (χ0n) is 14.8. The molecule has 1 fully saturated rings. The number of carbonyl (C=O) groups excluding carboxylic acids is 2. The third kappa shape index (κ3) is 4.41. The fraction of sp³-hybridized carbons (Fsp3) is 0.350. The SMILES string of the molecule is CC(=O)N1CCN(C(=O)C(Cc2ccncc2)c2ccc(Cl)cc2)CC1. The lowest BCUT2D eigenvalue weighted by Crippen LogP contribution is -2.51. The van der Waals surface area contributed by atoms with Crippen LogP contribution in [0.1, 0.15) is 24.0 Å². The number of nitrogens with zero attached hydrogens (tertiary/aromatic N) is 3. The van der Waals surface area contributed by atoms with Crippen molar-refractivity contribution in [1.82, 2.24) is 14.8 Å². The minimum absolute atomic E-state index is 0.0585. The van der Waals surface area contributed by atoms with E-state index in [1.165, 1.54) is 0 Å². The molecule has 5 nitrogen and oxygen atoms in total. The number of piperazine rings is 1. The Morgan fingerprint density at radius 2 is 1.58 bits per heavy atom. The molecular weight excluding hydrogens is 350 g/mol. The molecule has 1 aromatic heterocycles. The average Bonchev–Trinajstić information content (AvgIpc) is 2.67. The van der Waals surface area contributed by atoms with Crippen LogP contribution in [0.15, 0.2) is 48.8 Å². The van der Waals surface area contributed by atoms with Gasteiger partial charge in [0.05, 0.1) is 5.92 Å². The molecule has 26 heavy (non-hydrogen) atoms. The average molecular weight is 372 g/mol. The molecule has 2 heterocycles. The predicted octanol–water partition coefficient (Wildman–Crippen LogP) is 2.75. The van der Waals surface area contributed by atoms with E-state index in [1.807, 2.05) is 41.3 Å². The maximum absolute atomic E-state index is 13.2. The lowest BCUT2D eigenvalue weighted by Gasteiger charge is -2.36. The van der Waals surface area contributed by atoms with Crippen LogP contribution in [0.5, 0.6) is 0 Å². The number of benzene rings is 1. The van der Waals surface area contributed by atoms with Crippen molar-refractivity contribution < 1.29 is 9.59 Å². The number of hydrogen-bond acceptors (Lipinski definition) is 3. The highest BCUT2D eigenvalue weighted by Crippen LogP contribution is 2.25. The van der Waals surface area contributed by atoms with Gasteiger partial charge in [0.15, 0.2) is 0 Å². The van der Waals surface area contributed by atoms with Crippen LogP contribution in [0.4, 0.5) is 0 Å². The third-order valence-electron chi connectivity index (χ3n) is 4.80. The zero-order valence-corrected chi connectivity index (χ0v) is 15.5. The number of rotatable bonds is 4. The Morgan fingerprint density at radius 3 is 2.15 bits per heavy atom. The van der Waals surface area contributed by atoms with Crippen LogP contribution in [0, 0.1) is 0 Å². The van der Waals surface area contributed by atoms with Gasteiger partial charge in [-0.25, -0.2) is 0 Å². The van der Waals surface area contributed by atoms with E-state index < -0.39 is 0 Å². The monoisotopic (exact) mass is 371 g/mol. The van der Waals surface area contributed by atoms with E-state index in [9.17, 15) is 9.59 Å². The van der Waals surface area contributed by atoms with Crippen LogP contribution in [0.2, 0.25) is 5.02 Å². The Bertz CT molecular complexity index is 756. The lowest BCUT2D eigenvalue weighted by atomic mass is 9.90. The molecule has 3 rings (SSSR count). The second-order valence-electron chi connectivity index (χ2n) is 6.50. The van der Waals surface area contributed by atoms with Gasteiger partial charge in [-0.15, -0.1) is 0 Å². The molecule has 1 atom stereocenters. The molecule has 1 aliphatic heterocycles. The number of pyridine rings is 1. The number of amides is 2. The summed E-state index contributed by atoms with van der Waals surface area (Å²) in [6, 6.07) is 11.3. The molecule has 1 aliphatic rings. The molecule has 2 amide bonds. The van der Waals surface area contributed by atoms with E-state index in [0.29, 0.717) is 37.6 Å². The van der Waals surface area contributed by atoms with Gasteiger partial charge >= 0.3 is 0 Å². The van der Waals surface area contributed by atoms with E-state index in [-0.39, 0.29) is 17.7 Å². The largest absolute Gasteiger partial charge is 0.339 e. The first-order valence-corrected chi connectivity index (χ1v) is 9.11. The standard InChI is InChI=1S/C20H22ClN3O2/c1-15(25)23-10-12-24(13-11-23)20(26)19(14-16-6-8-22-9-7-16)17-2-4-18(21)5-3-17/h2-9,19H,10-14H2,1H3. The Labute approximate surface area is 158 Å². The number of hydrogen-bond donors (Lipinski definition) is 0. The van der Waals surface area contributed by atoms with Gasteiger partial charge in [-0.2, -0.15) is 0 Å². The molecule has 0 spiro atoms. The molecule has 1 saturated heterocycles. The molecule has 0 radical (unpaired) electrons. The van der Waals surface area contributed by atoms with Crippen molar-refractivity contribution in [3.8, 4) is 0 Å². The maximum Gasteiger partial charge on any atom is 0.230 e. The lowest BCUT2D eigenvalue weighted by molar-refractivity contribution is -0.139. The number of carbonyl (C=O) groups is 2. The van der Waals surface area contributed by atoms with Crippen LogP contribution < -0.4 is 0 Å². The summed E-state index contributed by atoms with van der Waals surface area (Å²) in [4.78, 5) is 32.4. The summed E-state index contributed by atoms with van der Waals surface area (Å²) in [7, 11) is 0. The quantitative estimate of drug-likeness (QED) is 0.830. The number of halogens is 1. The predicted molar refractivity (Wildman–Crippen MR) is 101 cm³/mol. The fourth-order valence-electron chi connectivity index (χ4n) is 3.26. The highest BCUT2D eigenvalue weighted by Gasteiger charge is 2.29. The highest BCUT2D eigenvalue weighted by molar-refractivity contribution is 6.30. The van der Waals surface area contributed by atoms with Gasteiger partial charge in [0.25, 0.3) is 0 Å². The molecule has 0 N–H and O–H groups in total. The first-order valence-electron chi connectivity index (χ1n) is 8.73. The van der Waals surface area contributed by atoms with Crippen LogP contribution in [-0.4, -0.2) is 52.8 Å². The molecule has 1 unspecified atom stereocenters. The molecule has 0 saturated carbocycles. The molecular formula is C20H22ClN3O2. The summed E-state index contributed by atoms with van der Waals surface area (Å²) in [6.45, 7) is 3.88. The summed E-state index contributed by atoms with van der Waals surface area (Å²) in [5.41, 5.74) is 2.01. The van der Waals surface area contributed by atoms with Gasteiger partial charge in [0, 0.05) is 50.5 Å². The summed E-state index contributed by atoms with van der Waals surface area (Å²) in [5.74, 6) is -0.131. The van der Waals surface area contributed by atoms with E-state index in [4.69, 9.17) is 11.6 Å². The van der Waals surface area contributed by atoms with Gasteiger partial charge in [-0.05, 0) is 41.8 Å². The second kappa shape index (κ2) is 8.32. The van der Waals surface area contributed by atoms with Gasteiger partial charge in [-0.1, -0.05) is 23.7 Å². The Balaban J connectivity index is 1.79.